The van der Waals surface area contributed by atoms with Gasteiger partial charge in [0.15, 0.2) is 0 Å². The highest BCUT2D eigenvalue weighted by Gasteiger charge is 2.38. The van der Waals surface area contributed by atoms with Crippen molar-refractivity contribution in [3.8, 4) is 5.88 Å². The Morgan fingerprint density at radius 1 is 1.44 bits per heavy atom. The van der Waals surface area contributed by atoms with Crippen LogP contribution in [0.15, 0.2) is 6.07 Å². The Hall–Kier alpha value is -1.76. The van der Waals surface area contributed by atoms with Crippen LogP contribution in [0.4, 0.5) is 4.79 Å². The normalized spacial score (nSPS) is 20.4. The monoisotopic (exact) mass is 352 g/mol. The van der Waals surface area contributed by atoms with Gasteiger partial charge >= 0.3 is 6.09 Å². The maximum Gasteiger partial charge on any atom is 0.410 e. The van der Waals surface area contributed by atoms with Crippen LogP contribution >= 0.6 is 0 Å². The van der Waals surface area contributed by atoms with Crippen molar-refractivity contribution in [3.05, 3.63) is 11.8 Å². The van der Waals surface area contributed by atoms with E-state index in [-0.39, 0.29) is 11.5 Å². The fourth-order valence-electron chi connectivity index (χ4n) is 3.23. The smallest absolute Gasteiger partial charge is 0.410 e. The highest BCUT2D eigenvalue weighted by atomic mass is 16.6. The Labute approximate surface area is 150 Å². The quantitative estimate of drug-likeness (QED) is 0.902. The second kappa shape index (κ2) is 7.23. The van der Waals surface area contributed by atoms with Gasteiger partial charge in [0.1, 0.15) is 5.60 Å². The molecule has 1 amide bonds. The number of nitrogens with one attached hydrogen (secondary N) is 1. The molecule has 1 aromatic heterocycles. The van der Waals surface area contributed by atoms with Gasteiger partial charge in [-0.25, -0.2) is 9.48 Å². The van der Waals surface area contributed by atoms with Gasteiger partial charge in [0, 0.05) is 38.8 Å². The molecule has 1 aromatic rings. The molecule has 2 heterocycles. The summed E-state index contributed by atoms with van der Waals surface area (Å²) in [5.41, 5.74) is 0.437. The molecule has 2 rings (SSSR count). The van der Waals surface area contributed by atoms with Crippen LogP contribution in [0.25, 0.3) is 0 Å². The molecule has 1 atom stereocenters. The van der Waals surface area contributed by atoms with Gasteiger partial charge in [0.2, 0.25) is 5.88 Å². The Morgan fingerprint density at radius 3 is 2.64 bits per heavy atom. The molecule has 0 aromatic carbocycles. The van der Waals surface area contributed by atoms with E-state index in [1.807, 2.05) is 38.8 Å². The summed E-state index contributed by atoms with van der Waals surface area (Å²) in [6.07, 6.45) is 0.657. The molecule has 1 N–H and O–H groups in total. The number of hydrogen-bond acceptors (Lipinski definition) is 5. The lowest BCUT2D eigenvalue weighted by Gasteiger charge is -2.44. The molecule has 1 unspecified atom stereocenters. The van der Waals surface area contributed by atoms with Crippen molar-refractivity contribution in [1.29, 1.82) is 0 Å². The predicted molar refractivity (Wildman–Crippen MR) is 96.6 cm³/mol. The minimum absolute atomic E-state index is 0.0476. The van der Waals surface area contributed by atoms with Crippen LogP contribution in [0.2, 0.25) is 0 Å². The van der Waals surface area contributed by atoms with Crippen LogP contribution in [0.3, 0.4) is 0 Å². The molecule has 0 bridgehead atoms. The van der Waals surface area contributed by atoms with Gasteiger partial charge in [-0.05, 0) is 32.6 Å². The van der Waals surface area contributed by atoms with Crippen LogP contribution in [0.1, 0.15) is 46.7 Å². The number of nitrogens with zero attached hydrogens (tertiary/aromatic N) is 3. The number of aromatic nitrogens is 2. The standard InChI is InChI=1S/C18H32N4O3/c1-17(2,3)25-16(23)22-9-8-14(18(4,5)12-22)19-11-13-10-15(24-7)21(6)20-13/h10,14,19H,8-9,11-12H2,1-7H3. The molecule has 1 fully saturated rings. The summed E-state index contributed by atoms with van der Waals surface area (Å²) in [6, 6.07) is 2.25. The summed E-state index contributed by atoms with van der Waals surface area (Å²) in [5.74, 6) is 0.746. The summed E-state index contributed by atoms with van der Waals surface area (Å²) in [7, 11) is 3.51. The summed E-state index contributed by atoms with van der Waals surface area (Å²) >= 11 is 0. The molecule has 0 spiro atoms. The number of rotatable bonds is 4. The van der Waals surface area contributed by atoms with Crippen molar-refractivity contribution in [1.82, 2.24) is 20.0 Å². The van der Waals surface area contributed by atoms with E-state index in [1.54, 1.807) is 11.8 Å². The minimum Gasteiger partial charge on any atom is -0.481 e. The Bertz CT molecular complexity index is 604. The van der Waals surface area contributed by atoms with Crippen LogP contribution < -0.4 is 10.1 Å². The first kappa shape index (κ1) is 19.6. The molecular formula is C18H32N4O3. The van der Waals surface area contributed by atoms with E-state index in [0.29, 0.717) is 25.7 Å². The molecule has 0 aliphatic carbocycles. The average Bonchev–Trinajstić information content (AvgIpc) is 2.83. The topological polar surface area (TPSA) is 68.6 Å². The number of carbonyl (C=O) groups excluding carboxylic acids is 1. The Kier molecular flexibility index (Phi) is 5.66. The van der Waals surface area contributed by atoms with E-state index >= 15 is 0 Å². The van der Waals surface area contributed by atoms with Crippen molar-refractivity contribution in [2.75, 3.05) is 20.2 Å². The number of aryl methyl sites for hydroxylation is 1. The zero-order valence-electron chi connectivity index (χ0n) is 16.5. The third-order valence-corrected chi connectivity index (χ3v) is 4.51. The molecular weight excluding hydrogens is 320 g/mol. The third-order valence-electron chi connectivity index (χ3n) is 4.51. The molecule has 1 saturated heterocycles. The molecule has 0 saturated carbocycles. The summed E-state index contributed by atoms with van der Waals surface area (Å²) in [4.78, 5) is 14.1. The van der Waals surface area contributed by atoms with Gasteiger partial charge in [0.25, 0.3) is 0 Å². The highest BCUT2D eigenvalue weighted by molar-refractivity contribution is 5.68. The number of ether oxygens (including phenoxy) is 2. The van der Waals surface area contributed by atoms with Crippen LogP contribution in [0.5, 0.6) is 5.88 Å². The number of likely N-dealkylation sites (tertiary alicyclic amines) is 1. The maximum absolute atomic E-state index is 12.3. The number of piperidine rings is 1. The summed E-state index contributed by atoms with van der Waals surface area (Å²) in [5, 5.41) is 8.03. The SMILES string of the molecule is COc1cc(CNC2CCN(C(=O)OC(C)(C)C)CC2(C)C)nn1C. The van der Waals surface area contributed by atoms with Crippen molar-refractivity contribution in [2.24, 2.45) is 12.5 Å². The van der Waals surface area contributed by atoms with Gasteiger partial charge < -0.3 is 19.7 Å². The second-order valence-electron chi connectivity index (χ2n) is 8.41. The van der Waals surface area contributed by atoms with Crippen LogP contribution in [0, 0.1) is 5.41 Å². The van der Waals surface area contributed by atoms with E-state index in [1.165, 1.54) is 0 Å². The van der Waals surface area contributed by atoms with E-state index < -0.39 is 5.60 Å². The van der Waals surface area contributed by atoms with Crippen LogP contribution in [-0.4, -0.2) is 52.6 Å². The number of carbonyl (C=O) groups is 1. The number of methoxy groups -OCH3 is 1. The zero-order chi connectivity index (χ0) is 18.8. The van der Waals surface area contributed by atoms with Crippen molar-refractivity contribution in [2.45, 2.75) is 59.2 Å². The van der Waals surface area contributed by atoms with E-state index in [9.17, 15) is 4.79 Å². The lowest BCUT2D eigenvalue weighted by atomic mass is 9.79. The van der Waals surface area contributed by atoms with Gasteiger partial charge in [-0.15, -0.1) is 0 Å². The largest absolute Gasteiger partial charge is 0.481 e. The fraction of sp³-hybridized carbons (Fsp3) is 0.778. The second-order valence-corrected chi connectivity index (χ2v) is 8.41. The predicted octanol–water partition coefficient (Wildman–Crippen LogP) is 2.55. The molecule has 7 heteroatoms. The molecule has 25 heavy (non-hydrogen) atoms. The number of hydrogen-bond donors (Lipinski definition) is 1. The van der Waals surface area contributed by atoms with Gasteiger partial charge in [-0.1, -0.05) is 13.8 Å². The van der Waals surface area contributed by atoms with Gasteiger partial charge in [0.05, 0.1) is 12.8 Å². The third kappa shape index (κ3) is 5.11. The first-order valence-electron chi connectivity index (χ1n) is 8.80. The fourth-order valence-corrected chi connectivity index (χ4v) is 3.23. The van der Waals surface area contributed by atoms with Gasteiger partial charge in [-0.2, -0.15) is 5.10 Å². The lowest BCUT2D eigenvalue weighted by Crippen LogP contribution is -2.56. The number of amides is 1. The minimum atomic E-state index is -0.464. The molecule has 0 radical (unpaired) electrons. The molecule has 1 aliphatic rings. The van der Waals surface area contributed by atoms with Crippen molar-refractivity contribution >= 4 is 6.09 Å². The zero-order valence-corrected chi connectivity index (χ0v) is 16.5. The lowest BCUT2D eigenvalue weighted by molar-refractivity contribution is 0.00204. The maximum atomic E-state index is 12.3. The first-order chi connectivity index (χ1) is 11.5. The van der Waals surface area contributed by atoms with E-state index in [0.717, 1.165) is 18.0 Å². The van der Waals surface area contributed by atoms with Crippen LogP contribution in [-0.2, 0) is 18.3 Å². The van der Waals surface area contributed by atoms with E-state index in [4.69, 9.17) is 9.47 Å². The highest BCUT2D eigenvalue weighted by Crippen LogP contribution is 2.30. The van der Waals surface area contributed by atoms with Crippen molar-refractivity contribution < 1.29 is 14.3 Å². The molecule has 142 valence electrons. The van der Waals surface area contributed by atoms with E-state index in [2.05, 4.69) is 24.3 Å². The molecule has 1 aliphatic heterocycles. The Balaban J connectivity index is 1.92. The Morgan fingerprint density at radius 2 is 2.12 bits per heavy atom. The average molecular weight is 352 g/mol. The van der Waals surface area contributed by atoms with Gasteiger partial charge in [-0.3, -0.25) is 0 Å². The molecule has 7 nitrogen and oxygen atoms in total. The summed E-state index contributed by atoms with van der Waals surface area (Å²) < 4.78 is 12.5. The van der Waals surface area contributed by atoms with Crippen molar-refractivity contribution in [3.63, 3.8) is 0 Å². The first-order valence-corrected chi connectivity index (χ1v) is 8.80. The summed E-state index contributed by atoms with van der Waals surface area (Å²) in [6.45, 7) is 12.1.